The largest absolute Gasteiger partial charge is 0.388 e. The Bertz CT molecular complexity index is 91.0. The van der Waals surface area contributed by atoms with E-state index in [4.69, 9.17) is 26.2 Å². The zero-order valence-corrected chi connectivity index (χ0v) is 6.38. The highest BCUT2D eigenvalue weighted by atomic mass is 35.5. The second kappa shape index (κ2) is 4.13. The lowest BCUT2D eigenvalue weighted by Gasteiger charge is -2.25. The van der Waals surface area contributed by atoms with Crippen LogP contribution in [0.15, 0.2) is 0 Å². The molecule has 60 valence electrons. The number of rotatable bonds is 2. The molecule has 4 heteroatoms. The van der Waals surface area contributed by atoms with Crippen LogP contribution < -0.4 is 0 Å². The average Bonchev–Trinajstić information content (AvgIpc) is 1.95. The fraction of sp³-hybridized carbons (Fsp3) is 1.00. The Labute approximate surface area is 64.9 Å². The van der Waals surface area contributed by atoms with E-state index in [9.17, 15) is 0 Å². The van der Waals surface area contributed by atoms with Gasteiger partial charge in [-0.15, -0.1) is 11.6 Å². The molecule has 0 atom stereocenters. The topological polar surface area (TPSA) is 38.7 Å². The van der Waals surface area contributed by atoms with Crippen molar-refractivity contribution in [1.29, 1.82) is 0 Å². The van der Waals surface area contributed by atoms with Crippen molar-refractivity contribution < 1.29 is 14.6 Å². The number of aliphatic hydroxyl groups is 1. The molecule has 0 saturated carbocycles. The summed E-state index contributed by atoms with van der Waals surface area (Å²) in [5.41, 5.74) is 0. The molecule has 1 saturated heterocycles. The van der Waals surface area contributed by atoms with Crippen LogP contribution in [0.5, 0.6) is 0 Å². The van der Waals surface area contributed by atoms with Gasteiger partial charge in [0.1, 0.15) is 6.10 Å². The van der Waals surface area contributed by atoms with Gasteiger partial charge in [0.15, 0.2) is 6.29 Å². The summed E-state index contributed by atoms with van der Waals surface area (Å²) >= 11 is 5.45. The van der Waals surface area contributed by atoms with Crippen LogP contribution in [0.3, 0.4) is 0 Å². The van der Waals surface area contributed by atoms with Gasteiger partial charge < -0.3 is 14.6 Å². The van der Waals surface area contributed by atoms with E-state index in [-0.39, 0.29) is 6.29 Å². The van der Waals surface area contributed by atoms with Crippen molar-refractivity contribution in [3.05, 3.63) is 0 Å². The van der Waals surface area contributed by atoms with Gasteiger partial charge in [0, 0.05) is 12.3 Å². The highest BCUT2D eigenvalue weighted by molar-refractivity contribution is 6.17. The van der Waals surface area contributed by atoms with Gasteiger partial charge in [-0.05, 0) is 0 Å². The van der Waals surface area contributed by atoms with Crippen molar-refractivity contribution in [2.75, 3.05) is 19.1 Å². The molecule has 1 rings (SSSR count). The summed E-state index contributed by atoms with van der Waals surface area (Å²) in [4.78, 5) is 0. The number of alkyl halides is 1. The zero-order chi connectivity index (χ0) is 7.40. The van der Waals surface area contributed by atoms with Gasteiger partial charge in [-0.1, -0.05) is 0 Å². The summed E-state index contributed by atoms with van der Waals surface area (Å²) in [6.45, 7) is 0.725. The monoisotopic (exact) mass is 166 g/mol. The Balaban J connectivity index is 2.13. The first kappa shape index (κ1) is 8.27. The van der Waals surface area contributed by atoms with Gasteiger partial charge in [-0.3, -0.25) is 0 Å². The molecule has 0 bridgehead atoms. The number of aliphatic hydroxyl groups excluding tert-OH is 1. The van der Waals surface area contributed by atoms with Gasteiger partial charge >= 0.3 is 0 Å². The molecule has 1 aliphatic heterocycles. The summed E-state index contributed by atoms with van der Waals surface area (Å²) < 4.78 is 10.1. The van der Waals surface area contributed by atoms with Crippen molar-refractivity contribution in [3.8, 4) is 0 Å². The number of hydrogen-bond acceptors (Lipinski definition) is 3. The Kier molecular flexibility index (Phi) is 3.42. The van der Waals surface area contributed by atoms with E-state index >= 15 is 0 Å². The van der Waals surface area contributed by atoms with E-state index in [1.807, 2.05) is 0 Å². The van der Waals surface area contributed by atoms with Crippen LogP contribution in [-0.2, 0) is 9.47 Å². The van der Waals surface area contributed by atoms with Crippen LogP contribution in [0.2, 0.25) is 0 Å². The molecule has 0 aromatic carbocycles. The van der Waals surface area contributed by atoms with Gasteiger partial charge in [0.2, 0.25) is 0 Å². The predicted octanol–water partition coefficient (Wildman–Crippen LogP) is 0.349. The molecule has 0 aliphatic carbocycles. The molecule has 1 N–H and O–H groups in total. The maximum absolute atomic E-state index is 8.91. The maximum atomic E-state index is 8.91. The lowest BCUT2D eigenvalue weighted by molar-refractivity contribution is -0.216. The second-order valence-corrected chi connectivity index (χ2v) is 2.61. The summed E-state index contributed by atoms with van der Waals surface area (Å²) in [5.74, 6) is 0.529. The smallest absolute Gasteiger partial charge is 0.158 e. The first-order valence-electron chi connectivity index (χ1n) is 3.30. The number of halogens is 1. The highest BCUT2D eigenvalue weighted by Gasteiger charge is 2.18. The molecule has 0 amide bonds. The molecule has 0 radical (unpaired) electrons. The predicted molar refractivity (Wildman–Crippen MR) is 37.0 cm³/mol. The molecule has 3 nitrogen and oxygen atoms in total. The van der Waals surface area contributed by atoms with E-state index < -0.39 is 6.10 Å². The summed E-state index contributed by atoms with van der Waals surface area (Å²) in [7, 11) is 0. The SMILES string of the molecule is OC1COC(CCCl)OC1. The molecule has 0 aromatic heterocycles. The summed E-state index contributed by atoms with van der Waals surface area (Å²) in [5, 5.41) is 8.91. The Morgan fingerprint density at radius 2 is 2.00 bits per heavy atom. The fourth-order valence-corrected chi connectivity index (χ4v) is 0.967. The third-order valence-corrected chi connectivity index (χ3v) is 1.51. The Morgan fingerprint density at radius 1 is 1.40 bits per heavy atom. The van der Waals surface area contributed by atoms with Crippen LogP contribution in [0, 0.1) is 0 Å². The van der Waals surface area contributed by atoms with E-state index in [0.29, 0.717) is 25.5 Å². The molecule has 1 aliphatic rings. The van der Waals surface area contributed by atoms with Gasteiger partial charge in [0.25, 0.3) is 0 Å². The molecule has 0 unspecified atom stereocenters. The number of hydrogen-bond donors (Lipinski definition) is 1. The normalized spacial score (nSPS) is 34.2. The second-order valence-electron chi connectivity index (χ2n) is 2.23. The molecular weight excluding hydrogens is 156 g/mol. The third kappa shape index (κ3) is 2.42. The van der Waals surface area contributed by atoms with Crippen molar-refractivity contribution in [2.24, 2.45) is 0 Å². The van der Waals surface area contributed by atoms with Crippen LogP contribution in [0.1, 0.15) is 6.42 Å². The van der Waals surface area contributed by atoms with Crippen molar-refractivity contribution in [1.82, 2.24) is 0 Å². The lowest BCUT2D eigenvalue weighted by Crippen LogP contribution is -2.35. The van der Waals surface area contributed by atoms with E-state index in [2.05, 4.69) is 0 Å². The molecule has 10 heavy (non-hydrogen) atoms. The lowest BCUT2D eigenvalue weighted by atomic mass is 10.3. The van der Waals surface area contributed by atoms with Crippen molar-refractivity contribution in [2.45, 2.75) is 18.8 Å². The van der Waals surface area contributed by atoms with Crippen LogP contribution in [0.25, 0.3) is 0 Å². The molecule has 1 fully saturated rings. The average molecular weight is 167 g/mol. The molecule has 0 aromatic rings. The van der Waals surface area contributed by atoms with Gasteiger partial charge in [-0.2, -0.15) is 0 Å². The van der Waals surface area contributed by atoms with Crippen molar-refractivity contribution in [3.63, 3.8) is 0 Å². The maximum Gasteiger partial charge on any atom is 0.158 e. The minimum atomic E-state index is -0.466. The van der Waals surface area contributed by atoms with Crippen LogP contribution in [0.4, 0.5) is 0 Å². The minimum absolute atomic E-state index is 0.208. The summed E-state index contributed by atoms with van der Waals surface area (Å²) in [6, 6.07) is 0. The number of ether oxygens (including phenoxy) is 2. The Morgan fingerprint density at radius 3 is 2.50 bits per heavy atom. The van der Waals surface area contributed by atoms with Crippen LogP contribution >= 0.6 is 11.6 Å². The van der Waals surface area contributed by atoms with Gasteiger partial charge in [0.05, 0.1) is 13.2 Å². The van der Waals surface area contributed by atoms with E-state index in [1.54, 1.807) is 0 Å². The van der Waals surface area contributed by atoms with Crippen LogP contribution in [-0.4, -0.2) is 36.6 Å². The van der Waals surface area contributed by atoms with E-state index in [1.165, 1.54) is 0 Å². The molecular formula is C6H11ClO3. The molecule has 0 spiro atoms. The molecule has 1 heterocycles. The summed E-state index contributed by atoms with van der Waals surface area (Å²) in [6.07, 6.45) is 0.0151. The van der Waals surface area contributed by atoms with Crippen molar-refractivity contribution >= 4 is 11.6 Å². The first-order valence-corrected chi connectivity index (χ1v) is 3.83. The quantitative estimate of drug-likeness (QED) is 0.602. The zero-order valence-electron chi connectivity index (χ0n) is 5.62. The van der Waals surface area contributed by atoms with Gasteiger partial charge in [-0.25, -0.2) is 0 Å². The van der Waals surface area contributed by atoms with E-state index in [0.717, 1.165) is 0 Å². The minimum Gasteiger partial charge on any atom is -0.388 e. The standard InChI is InChI=1S/C6H11ClO3/c7-2-1-6-9-3-5(8)4-10-6/h5-6,8H,1-4H2. The first-order chi connectivity index (χ1) is 4.83. The fourth-order valence-electron chi connectivity index (χ4n) is 0.789. The highest BCUT2D eigenvalue weighted by Crippen LogP contribution is 2.09. The third-order valence-electron chi connectivity index (χ3n) is 1.29. The Hall–Kier alpha value is 0.170.